The zero-order valence-electron chi connectivity index (χ0n) is 10.5. The lowest BCUT2D eigenvalue weighted by molar-refractivity contribution is 0.305. The molecule has 0 saturated heterocycles. The molecule has 0 radical (unpaired) electrons. The number of rotatable bonds is 5. The fraction of sp³-hybridized carbons (Fsp3) is 0.417. The summed E-state index contributed by atoms with van der Waals surface area (Å²) in [4.78, 5) is 0.859. The van der Waals surface area contributed by atoms with Crippen molar-refractivity contribution in [2.75, 3.05) is 19.4 Å². The highest BCUT2D eigenvalue weighted by atomic mass is 32.2. The molecule has 1 N–H and O–H groups in total. The minimum atomic E-state index is -3.51. The van der Waals surface area contributed by atoms with Gasteiger partial charge in [-0.3, -0.25) is 0 Å². The summed E-state index contributed by atoms with van der Waals surface area (Å²) in [5, 5.41) is 18.9. The van der Waals surface area contributed by atoms with E-state index in [4.69, 9.17) is 10.4 Å². The summed E-state index contributed by atoms with van der Waals surface area (Å²) < 4.78 is 24.4. The van der Waals surface area contributed by atoms with Crippen molar-refractivity contribution in [2.45, 2.75) is 13.0 Å². The van der Waals surface area contributed by atoms with Gasteiger partial charge < -0.3 is 5.11 Å². The molecule has 0 amide bonds. The molecule has 5 nitrogen and oxygen atoms in total. The maximum atomic E-state index is 11.6. The lowest BCUT2D eigenvalue weighted by Crippen LogP contribution is -2.27. The first-order valence-electron chi connectivity index (χ1n) is 5.47. The fourth-order valence-corrected chi connectivity index (χ4v) is 2.93. The van der Waals surface area contributed by atoms with Crippen molar-refractivity contribution in [2.24, 2.45) is 0 Å². The number of nitriles is 1. The molecule has 19 heavy (non-hydrogen) atoms. The number of hydrogen-bond acceptors (Lipinski definition) is 5. The van der Waals surface area contributed by atoms with Gasteiger partial charge in [0, 0.05) is 35.8 Å². The molecule has 1 heterocycles. The van der Waals surface area contributed by atoms with Crippen LogP contribution in [0.15, 0.2) is 11.4 Å². The Labute approximate surface area is 117 Å². The molecule has 0 spiro atoms. The van der Waals surface area contributed by atoms with Crippen LogP contribution in [-0.2, 0) is 16.6 Å². The van der Waals surface area contributed by atoms with Gasteiger partial charge >= 0.3 is 0 Å². The summed E-state index contributed by atoms with van der Waals surface area (Å²) in [6.07, 6.45) is 0.418. The molecular formula is C12H14N2O3S2. The number of hydrogen-bond donors (Lipinski definition) is 1. The van der Waals surface area contributed by atoms with Crippen molar-refractivity contribution in [3.63, 3.8) is 0 Å². The molecule has 0 atom stereocenters. The predicted molar refractivity (Wildman–Crippen MR) is 73.8 cm³/mol. The maximum Gasteiger partial charge on any atom is 0.227 e. The number of sulfonamides is 1. The van der Waals surface area contributed by atoms with Crippen LogP contribution in [0, 0.1) is 23.2 Å². The highest BCUT2D eigenvalue weighted by Crippen LogP contribution is 2.17. The van der Waals surface area contributed by atoms with E-state index in [-0.39, 0.29) is 13.2 Å². The van der Waals surface area contributed by atoms with Gasteiger partial charge in [0.05, 0.1) is 12.7 Å². The second kappa shape index (κ2) is 7.27. The number of thiophene rings is 1. The molecule has 1 rings (SSSR count). The molecule has 0 aliphatic rings. The Hall–Kier alpha value is -1.38. The highest BCUT2D eigenvalue weighted by Gasteiger charge is 2.17. The van der Waals surface area contributed by atoms with E-state index in [0.717, 1.165) is 14.7 Å². The van der Waals surface area contributed by atoms with Crippen LogP contribution in [0.4, 0.5) is 0 Å². The van der Waals surface area contributed by atoms with Gasteiger partial charge in [-0.15, -0.1) is 11.3 Å². The molecule has 0 fully saturated rings. The van der Waals surface area contributed by atoms with E-state index in [1.54, 1.807) is 6.07 Å². The van der Waals surface area contributed by atoms with Gasteiger partial charge in [-0.1, -0.05) is 11.8 Å². The van der Waals surface area contributed by atoms with Gasteiger partial charge in [0.25, 0.3) is 0 Å². The molecule has 0 aliphatic heterocycles. The third-order valence-electron chi connectivity index (χ3n) is 2.22. The fourth-order valence-electron chi connectivity index (χ4n) is 1.26. The molecule has 0 aromatic carbocycles. The Morgan fingerprint density at radius 1 is 1.53 bits per heavy atom. The third-order valence-corrected chi connectivity index (χ3v) is 4.72. The number of nitrogens with zero attached hydrogens (tertiary/aromatic N) is 2. The lowest BCUT2D eigenvalue weighted by Gasteiger charge is -2.13. The quantitative estimate of drug-likeness (QED) is 0.814. The van der Waals surface area contributed by atoms with Crippen molar-refractivity contribution >= 4 is 21.4 Å². The van der Waals surface area contributed by atoms with Crippen LogP contribution in [0.3, 0.4) is 0 Å². The first-order chi connectivity index (χ1) is 8.99. The van der Waals surface area contributed by atoms with Gasteiger partial charge in [0.1, 0.15) is 0 Å². The van der Waals surface area contributed by atoms with Crippen molar-refractivity contribution in [3.8, 4) is 17.9 Å². The molecule has 0 saturated carbocycles. The Morgan fingerprint density at radius 3 is 2.89 bits per heavy atom. The van der Waals surface area contributed by atoms with Crippen LogP contribution in [0.1, 0.15) is 16.9 Å². The summed E-state index contributed by atoms with van der Waals surface area (Å²) in [6.45, 7) is 0.259. The van der Waals surface area contributed by atoms with Crippen LogP contribution < -0.4 is 0 Å². The molecule has 7 heteroatoms. The van der Waals surface area contributed by atoms with Crippen LogP contribution in [0.5, 0.6) is 0 Å². The predicted octanol–water partition coefficient (Wildman–Crippen LogP) is 0.767. The zero-order valence-corrected chi connectivity index (χ0v) is 12.1. The second-order valence-corrected chi connectivity index (χ2v) is 6.82. The first kappa shape index (κ1) is 15.7. The topological polar surface area (TPSA) is 81.4 Å². The molecule has 1 aromatic rings. The summed E-state index contributed by atoms with van der Waals surface area (Å²) in [5.41, 5.74) is 0.805. The Bertz CT molecular complexity index is 617. The van der Waals surface area contributed by atoms with Gasteiger partial charge in [-0.25, -0.2) is 8.42 Å². The maximum absolute atomic E-state index is 11.6. The number of aliphatic hydroxyl groups excluding tert-OH is 1. The van der Waals surface area contributed by atoms with Crippen LogP contribution in [0.2, 0.25) is 0 Å². The highest BCUT2D eigenvalue weighted by molar-refractivity contribution is 7.89. The van der Waals surface area contributed by atoms with Crippen molar-refractivity contribution in [1.29, 1.82) is 5.26 Å². The molecular weight excluding hydrogens is 284 g/mol. The van der Waals surface area contributed by atoms with Gasteiger partial charge in [-0.2, -0.15) is 9.57 Å². The van der Waals surface area contributed by atoms with Gasteiger partial charge in [0.15, 0.2) is 5.75 Å². The van der Waals surface area contributed by atoms with Gasteiger partial charge in [0.2, 0.25) is 10.0 Å². The number of aliphatic hydroxyl groups is 1. The second-order valence-electron chi connectivity index (χ2n) is 3.75. The summed E-state index contributed by atoms with van der Waals surface area (Å²) in [7, 11) is -2.06. The minimum Gasteiger partial charge on any atom is -0.395 e. The van der Waals surface area contributed by atoms with E-state index in [1.807, 2.05) is 11.4 Å². The summed E-state index contributed by atoms with van der Waals surface area (Å²) in [5.74, 6) is 5.17. The molecule has 0 unspecified atom stereocenters. The normalized spacial score (nSPS) is 10.8. The van der Waals surface area contributed by atoms with Crippen LogP contribution in [0.25, 0.3) is 0 Å². The minimum absolute atomic E-state index is 0.0269. The first-order valence-corrected chi connectivity index (χ1v) is 7.96. The average molecular weight is 298 g/mol. The van der Waals surface area contributed by atoms with Crippen molar-refractivity contribution in [1.82, 2.24) is 4.31 Å². The zero-order chi connectivity index (χ0) is 14.3. The smallest absolute Gasteiger partial charge is 0.227 e. The van der Waals surface area contributed by atoms with Crippen LogP contribution >= 0.6 is 11.3 Å². The Morgan fingerprint density at radius 2 is 2.26 bits per heavy atom. The van der Waals surface area contributed by atoms with Crippen molar-refractivity contribution in [3.05, 3.63) is 21.9 Å². The van der Waals surface area contributed by atoms with Crippen molar-refractivity contribution < 1.29 is 13.5 Å². The lowest BCUT2D eigenvalue weighted by atomic mass is 10.3. The molecule has 0 aliphatic carbocycles. The molecule has 102 valence electrons. The Balaban J connectivity index is 2.70. The molecule has 0 bridgehead atoms. The van der Waals surface area contributed by atoms with E-state index >= 15 is 0 Å². The summed E-state index contributed by atoms with van der Waals surface area (Å²) >= 11 is 1.42. The van der Waals surface area contributed by atoms with E-state index in [2.05, 4.69) is 11.8 Å². The Kier molecular flexibility index (Phi) is 6.00. The monoisotopic (exact) mass is 298 g/mol. The van der Waals surface area contributed by atoms with Crippen LogP contribution in [-0.4, -0.2) is 37.2 Å². The SMILES string of the molecule is CN(Cc1cc(C#CCCO)cs1)S(=O)(=O)CC#N. The van der Waals surface area contributed by atoms with E-state index < -0.39 is 15.8 Å². The largest absolute Gasteiger partial charge is 0.395 e. The third kappa shape index (κ3) is 5.01. The van der Waals surface area contributed by atoms with E-state index in [9.17, 15) is 8.42 Å². The average Bonchev–Trinajstić information content (AvgIpc) is 2.77. The van der Waals surface area contributed by atoms with Gasteiger partial charge in [-0.05, 0) is 6.07 Å². The van der Waals surface area contributed by atoms with E-state index in [1.165, 1.54) is 18.4 Å². The standard InChI is InChI=1S/C12H14N2O3S2/c1-14(19(16,17)7-5-13)9-12-8-11(10-18-12)4-2-3-6-15/h8,10,15H,3,6-7,9H2,1H3. The molecule has 1 aromatic heterocycles. The summed E-state index contributed by atoms with van der Waals surface area (Å²) in [6, 6.07) is 3.45. The van der Waals surface area contributed by atoms with E-state index in [0.29, 0.717) is 6.42 Å².